The van der Waals surface area contributed by atoms with Crippen molar-refractivity contribution >= 4 is 21.6 Å². The number of aromatic nitrogens is 1. The van der Waals surface area contributed by atoms with Crippen molar-refractivity contribution in [2.45, 2.75) is 6.54 Å². The van der Waals surface area contributed by atoms with Crippen LogP contribution in [0.25, 0.3) is 0 Å². The maximum atomic E-state index is 9.35. The summed E-state index contributed by atoms with van der Waals surface area (Å²) in [5.41, 5.74) is 1.75. The molecule has 0 fully saturated rings. The topological polar surface area (TPSA) is 65.4 Å². The van der Waals surface area contributed by atoms with Crippen molar-refractivity contribution in [3.63, 3.8) is 0 Å². The van der Waals surface area contributed by atoms with Crippen LogP contribution in [0, 0.1) is 0 Å². The number of anilines is 1. The molecule has 88 valence electrons. The van der Waals surface area contributed by atoms with E-state index in [1.54, 1.807) is 12.3 Å². The normalized spacial score (nSPS) is 10.2. The first-order valence-corrected chi connectivity index (χ1v) is 5.81. The summed E-state index contributed by atoms with van der Waals surface area (Å²) in [5, 5.41) is 21.7. The number of pyridine rings is 1. The largest absolute Gasteiger partial charge is 0.504 e. The third-order valence-electron chi connectivity index (χ3n) is 2.28. The van der Waals surface area contributed by atoms with Gasteiger partial charge in [0.25, 0.3) is 0 Å². The molecule has 0 bridgehead atoms. The van der Waals surface area contributed by atoms with Gasteiger partial charge in [0, 0.05) is 12.7 Å². The van der Waals surface area contributed by atoms with Crippen LogP contribution in [0.3, 0.4) is 0 Å². The Morgan fingerprint density at radius 2 is 2.00 bits per heavy atom. The third kappa shape index (κ3) is 2.88. The summed E-state index contributed by atoms with van der Waals surface area (Å²) in [6.45, 7) is 0.540. The van der Waals surface area contributed by atoms with Crippen LogP contribution >= 0.6 is 15.9 Å². The zero-order valence-electron chi connectivity index (χ0n) is 8.89. The average Bonchev–Trinajstić information content (AvgIpc) is 2.32. The predicted octanol–water partition coefficient (Wildman–Crippen LogP) is 2.87. The van der Waals surface area contributed by atoms with Gasteiger partial charge in [-0.15, -0.1) is 0 Å². The number of nitrogens with zero attached hydrogens (tertiary/aromatic N) is 1. The van der Waals surface area contributed by atoms with Gasteiger partial charge in [-0.2, -0.15) is 0 Å². The molecule has 4 nitrogen and oxygen atoms in total. The van der Waals surface area contributed by atoms with E-state index in [0.717, 1.165) is 15.9 Å². The van der Waals surface area contributed by atoms with Gasteiger partial charge >= 0.3 is 0 Å². The van der Waals surface area contributed by atoms with Crippen LogP contribution in [-0.4, -0.2) is 15.2 Å². The van der Waals surface area contributed by atoms with Gasteiger partial charge in [-0.05, 0) is 45.8 Å². The highest BCUT2D eigenvalue weighted by molar-refractivity contribution is 9.10. The Morgan fingerprint density at radius 3 is 2.71 bits per heavy atom. The zero-order valence-corrected chi connectivity index (χ0v) is 10.5. The lowest BCUT2D eigenvalue weighted by molar-refractivity contribution is 0.403. The summed E-state index contributed by atoms with van der Waals surface area (Å²) in [6.07, 6.45) is 1.70. The molecule has 0 radical (unpaired) electrons. The molecule has 0 aliphatic heterocycles. The molecule has 0 saturated carbocycles. The van der Waals surface area contributed by atoms with E-state index in [1.165, 1.54) is 12.1 Å². The standard InChI is InChI=1S/C12H11BrN2O2/c13-12-9(2-1-5-14-12)15-7-8-3-4-10(16)11(17)6-8/h1-6,15-17H,7H2. The van der Waals surface area contributed by atoms with E-state index < -0.39 is 0 Å². The maximum Gasteiger partial charge on any atom is 0.157 e. The number of nitrogens with one attached hydrogen (secondary N) is 1. The SMILES string of the molecule is Oc1ccc(CNc2cccnc2Br)cc1O. The van der Waals surface area contributed by atoms with Crippen LogP contribution in [0.1, 0.15) is 5.56 Å². The van der Waals surface area contributed by atoms with Gasteiger partial charge in [-0.1, -0.05) is 6.07 Å². The fourth-order valence-corrected chi connectivity index (χ4v) is 1.78. The van der Waals surface area contributed by atoms with E-state index in [4.69, 9.17) is 0 Å². The van der Waals surface area contributed by atoms with Crippen molar-refractivity contribution in [1.82, 2.24) is 4.98 Å². The summed E-state index contributed by atoms with van der Waals surface area (Å²) < 4.78 is 0.739. The van der Waals surface area contributed by atoms with Gasteiger partial charge in [-0.3, -0.25) is 0 Å². The lowest BCUT2D eigenvalue weighted by Crippen LogP contribution is -2.00. The van der Waals surface area contributed by atoms with Gasteiger partial charge in [0.15, 0.2) is 11.5 Å². The van der Waals surface area contributed by atoms with Gasteiger partial charge < -0.3 is 15.5 Å². The van der Waals surface area contributed by atoms with Crippen LogP contribution < -0.4 is 5.32 Å². The summed E-state index contributed by atoms with van der Waals surface area (Å²) >= 11 is 3.33. The molecule has 0 amide bonds. The number of hydrogen-bond acceptors (Lipinski definition) is 4. The average molecular weight is 295 g/mol. The van der Waals surface area contributed by atoms with E-state index in [1.807, 2.05) is 12.1 Å². The van der Waals surface area contributed by atoms with E-state index >= 15 is 0 Å². The van der Waals surface area contributed by atoms with E-state index in [-0.39, 0.29) is 11.5 Å². The Kier molecular flexibility index (Phi) is 3.49. The number of hydrogen-bond donors (Lipinski definition) is 3. The molecule has 1 heterocycles. The molecule has 5 heteroatoms. The Hall–Kier alpha value is -1.75. The van der Waals surface area contributed by atoms with Crippen LogP contribution in [0.2, 0.25) is 0 Å². The molecule has 2 aromatic rings. The molecule has 0 spiro atoms. The molecule has 3 N–H and O–H groups in total. The first-order valence-electron chi connectivity index (χ1n) is 5.02. The fourth-order valence-electron chi connectivity index (χ4n) is 1.39. The second-order valence-corrected chi connectivity index (χ2v) is 4.27. The minimum atomic E-state index is -0.116. The minimum Gasteiger partial charge on any atom is -0.504 e. The predicted molar refractivity (Wildman–Crippen MR) is 69.0 cm³/mol. The molecule has 0 unspecified atom stereocenters. The van der Waals surface area contributed by atoms with E-state index in [2.05, 4.69) is 26.2 Å². The summed E-state index contributed by atoms with van der Waals surface area (Å²) in [4.78, 5) is 4.09. The smallest absolute Gasteiger partial charge is 0.157 e. The summed E-state index contributed by atoms with van der Waals surface area (Å²) in [6, 6.07) is 8.46. The number of phenolic OH excluding ortho intramolecular Hbond substituents is 2. The highest BCUT2D eigenvalue weighted by Gasteiger charge is 2.02. The number of rotatable bonds is 3. The van der Waals surface area contributed by atoms with E-state index in [9.17, 15) is 10.2 Å². The molecule has 0 aliphatic carbocycles. The molecule has 17 heavy (non-hydrogen) atoms. The number of aromatic hydroxyl groups is 2. The van der Waals surface area contributed by atoms with Crippen molar-refractivity contribution in [3.05, 3.63) is 46.7 Å². The van der Waals surface area contributed by atoms with Crippen LogP contribution in [0.4, 0.5) is 5.69 Å². The van der Waals surface area contributed by atoms with Crippen molar-refractivity contribution < 1.29 is 10.2 Å². The second kappa shape index (κ2) is 5.05. The maximum absolute atomic E-state index is 9.35. The van der Waals surface area contributed by atoms with Crippen molar-refractivity contribution in [3.8, 4) is 11.5 Å². The minimum absolute atomic E-state index is 0.115. The van der Waals surface area contributed by atoms with Crippen LogP contribution in [-0.2, 0) is 6.54 Å². The van der Waals surface area contributed by atoms with Crippen molar-refractivity contribution in [2.24, 2.45) is 0 Å². The first-order chi connectivity index (χ1) is 8.16. The van der Waals surface area contributed by atoms with Crippen molar-refractivity contribution in [1.29, 1.82) is 0 Å². The third-order valence-corrected chi connectivity index (χ3v) is 2.91. The van der Waals surface area contributed by atoms with Gasteiger partial charge in [-0.25, -0.2) is 4.98 Å². The summed E-state index contributed by atoms with van der Waals surface area (Å²) in [5.74, 6) is -0.231. The van der Waals surface area contributed by atoms with E-state index in [0.29, 0.717) is 6.54 Å². The number of halogens is 1. The molecule has 1 aromatic carbocycles. The lowest BCUT2D eigenvalue weighted by Gasteiger charge is -2.08. The quantitative estimate of drug-likeness (QED) is 0.602. The molecule has 0 saturated heterocycles. The molecule has 2 rings (SSSR count). The zero-order chi connectivity index (χ0) is 12.3. The first kappa shape index (κ1) is 11.7. The highest BCUT2D eigenvalue weighted by atomic mass is 79.9. The van der Waals surface area contributed by atoms with Gasteiger partial charge in [0.2, 0.25) is 0 Å². The van der Waals surface area contributed by atoms with Gasteiger partial charge in [0.05, 0.1) is 5.69 Å². The van der Waals surface area contributed by atoms with Crippen LogP contribution in [0.5, 0.6) is 11.5 Å². The Labute approximate surface area is 107 Å². The molecule has 1 aromatic heterocycles. The van der Waals surface area contributed by atoms with Gasteiger partial charge in [0.1, 0.15) is 4.60 Å². The molecular formula is C12H11BrN2O2. The summed E-state index contributed by atoms with van der Waals surface area (Å²) in [7, 11) is 0. The highest BCUT2D eigenvalue weighted by Crippen LogP contribution is 2.26. The van der Waals surface area contributed by atoms with Crippen LogP contribution in [0.15, 0.2) is 41.1 Å². The molecule has 0 aliphatic rings. The number of phenols is 2. The Morgan fingerprint density at radius 1 is 1.18 bits per heavy atom. The lowest BCUT2D eigenvalue weighted by atomic mass is 10.2. The fraction of sp³-hybridized carbons (Fsp3) is 0.0833. The van der Waals surface area contributed by atoms with Crippen molar-refractivity contribution in [2.75, 3.05) is 5.32 Å². The number of benzene rings is 1. The Bertz CT molecular complexity index is 532. The molecule has 0 atom stereocenters. The monoisotopic (exact) mass is 294 g/mol. The molecular weight excluding hydrogens is 284 g/mol. The second-order valence-electron chi connectivity index (χ2n) is 3.52. The Balaban J connectivity index is 2.08.